The first-order chi connectivity index (χ1) is 7.77. The molecule has 0 aromatic carbocycles. The molecule has 0 amide bonds. The van der Waals surface area contributed by atoms with Gasteiger partial charge in [-0.1, -0.05) is 0 Å². The maximum atomic E-state index is 5.49. The van der Waals surface area contributed by atoms with Crippen LogP contribution in [0.1, 0.15) is 28.6 Å². The smallest absolute Gasteiger partial charge is 0.110 e. The molecule has 1 N–H and O–H groups in total. The van der Waals surface area contributed by atoms with Gasteiger partial charge in [0.2, 0.25) is 0 Å². The van der Waals surface area contributed by atoms with Crippen LogP contribution in [0.3, 0.4) is 0 Å². The number of aryl methyl sites for hydroxylation is 2. The highest BCUT2D eigenvalue weighted by atomic mass is 16.3. The van der Waals surface area contributed by atoms with Gasteiger partial charge in [-0.15, -0.1) is 0 Å². The zero-order valence-electron chi connectivity index (χ0n) is 9.53. The molecule has 0 saturated carbocycles. The fourth-order valence-electron chi connectivity index (χ4n) is 2.47. The van der Waals surface area contributed by atoms with Gasteiger partial charge >= 0.3 is 0 Å². The first kappa shape index (κ1) is 9.66. The molecule has 2 aromatic heterocycles. The van der Waals surface area contributed by atoms with Gasteiger partial charge < -0.3 is 9.73 Å². The van der Waals surface area contributed by atoms with Crippen LogP contribution in [-0.2, 0) is 13.5 Å². The lowest BCUT2D eigenvalue weighted by Gasteiger charge is -2.24. The second kappa shape index (κ2) is 3.49. The Morgan fingerprint density at radius 3 is 3.19 bits per heavy atom. The van der Waals surface area contributed by atoms with Crippen LogP contribution in [0.5, 0.6) is 0 Å². The van der Waals surface area contributed by atoms with E-state index in [2.05, 4.69) is 23.4 Å². The van der Waals surface area contributed by atoms with E-state index < -0.39 is 0 Å². The summed E-state index contributed by atoms with van der Waals surface area (Å²) in [5.74, 6) is 1.10. The maximum absolute atomic E-state index is 5.49. The van der Waals surface area contributed by atoms with Crippen LogP contribution in [0, 0.1) is 6.92 Å². The fraction of sp³-hybridized carbons (Fsp3) is 0.417. The van der Waals surface area contributed by atoms with E-state index in [-0.39, 0.29) is 6.04 Å². The Hall–Kier alpha value is -1.55. The third kappa shape index (κ3) is 1.30. The Balaban J connectivity index is 2.10. The molecule has 16 heavy (non-hydrogen) atoms. The van der Waals surface area contributed by atoms with E-state index in [0.29, 0.717) is 0 Å². The molecule has 84 valence electrons. The lowest BCUT2D eigenvalue weighted by atomic mass is 9.97. The second-order valence-corrected chi connectivity index (χ2v) is 4.27. The standard InChI is InChI=1S/C12H15N3O/c1-8-7-14-15(2)12(8)11-9-4-6-16-10(9)3-5-13-11/h4,6-7,11,13H,3,5H2,1-2H3. The summed E-state index contributed by atoms with van der Waals surface area (Å²) in [5, 5.41) is 7.82. The molecule has 4 nitrogen and oxygen atoms in total. The summed E-state index contributed by atoms with van der Waals surface area (Å²) in [6.07, 6.45) is 4.65. The van der Waals surface area contributed by atoms with Crippen LogP contribution in [0.2, 0.25) is 0 Å². The summed E-state index contributed by atoms with van der Waals surface area (Å²) < 4.78 is 7.43. The molecule has 0 bridgehead atoms. The summed E-state index contributed by atoms with van der Waals surface area (Å²) in [6.45, 7) is 3.05. The van der Waals surface area contributed by atoms with E-state index >= 15 is 0 Å². The summed E-state index contributed by atoms with van der Waals surface area (Å²) in [5.41, 5.74) is 3.69. The molecule has 3 heterocycles. The summed E-state index contributed by atoms with van der Waals surface area (Å²) >= 11 is 0. The predicted molar refractivity (Wildman–Crippen MR) is 60.2 cm³/mol. The van der Waals surface area contributed by atoms with Gasteiger partial charge in [-0.25, -0.2) is 0 Å². The molecular weight excluding hydrogens is 202 g/mol. The Bertz CT molecular complexity index is 493. The van der Waals surface area contributed by atoms with Crippen molar-refractivity contribution in [2.75, 3.05) is 6.54 Å². The van der Waals surface area contributed by atoms with Crippen LogP contribution in [0.25, 0.3) is 0 Å². The molecule has 0 radical (unpaired) electrons. The predicted octanol–water partition coefficient (Wildman–Crippen LogP) is 1.56. The average molecular weight is 217 g/mol. The Morgan fingerprint density at radius 2 is 2.44 bits per heavy atom. The summed E-state index contributed by atoms with van der Waals surface area (Å²) in [4.78, 5) is 0. The zero-order valence-corrected chi connectivity index (χ0v) is 9.53. The summed E-state index contributed by atoms with van der Waals surface area (Å²) in [6, 6.07) is 2.27. The van der Waals surface area contributed by atoms with Crippen LogP contribution < -0.4 is 5.32 Å². The van der Waals surface area contributed by atoms with Crippen molar-refractivity contribution in [1.82, 2.24) is 15.1 Å². The monoisotopic (exact) mass is 217 g/mol. The molecule has 3 rings (SSSR count). The van der Waals surface area contributed by atoms with Crippen molar-refractivity contribution in [3.63, 3.8) is 0 Å². The van der Waals surface area contributed by atoms with E-state index in [4.69, 9.17) is 4.42 Å². The first-order valence-electron chi connectivity index (χ1n) is 5.55. The molecule has 0 fully saturated rings. The van der Waals surface area contributed by atoms with Crippen molar-refractivity contribution in [3.8, 4) is 0 Å². The maximum Gasteiger partial charge on any atom is 0.110 e. The highest BCUT2D eigenvalue weighted by molar-refractivity contribution is 5.35. The van der Waals surface area contributed by atoms with Crippen molar-refractivity contribution in [3.05, 3.63) is 41.1 Å². The largest absolute Gasteiger partial charge is 0.469 e. The molecule has 2 aromatic rings. The van der Waals surface area contributed by atoms with Gasteiger partial charge in [-0.3, -0.25) is 4.68 Å². The molecule has 0 aliphatic carbocycles. The van der Waals surface area contributed by atoms with Gasteiger partial charge in [0.25, 0.3) is 0 Å². The fourth-order valence-corrected chi connectivity index (χ4v) is 2.47. The molecule has 4 heteroatoms. The number of nitrogens with zero attached hydrogens (tertiary/aromatic N) is 2. The molecule has 1 aliphatic rings. The Kier molecular flexibility index (Phi) is 2.11. The average Bonchev–Trinajstić information content (AvgIpc) is 2.86. The second-order valence-electron chi connectivity index (χ2n) is 4.27. The lowest BCUT2D eigenvalue weighted by molar-refractivity contribution is 0.446. The van der Waals surface area contributed by atoms with E-state index in [0.717, 1.165) is 18.7 Å². The molecular formula is C12H15N3O. The highest BCUT2D eigenvalue weighted by Gasteiger charge is 2.26. The van der Waals surface area contributed by atoms with Gasteiger partial charge in [-0.2, -0.15) is 5.10 Å². The molecule has 1 aliphatic heterocycles. The minimum absolute atomic E-state index is 0.218. The third-order valence-electron chi connectivity index (χ3n) is 3.24. The van der Waals surface area contributed by atoms with Crippen LogP contribution >= 0.6 is 0 Å². The molecule has 0 spiro atoms. The van der Waals surface area contributed by atoms with Crippen LogP contribution in [0.4, 0.5) is 0 Å². The zero-order chi connectivity index (χ0) is 11.1. The van der Waals surface area contributed by atoms with E-state index in [1.165, 1.54) is 16.8 Å². The van der Waals surface area contributed by atoms with Crippen molar-refractivity contribution in [2.24, 2.45) is 7.05 Å². The Morgan fingerprint density at radius 1 is 1.56 bits per heavy atom. The lowest BCUT2D eigenvalue weighted by Crippen LogP contribution is -2.31. The number of furan rings is 1. The number of hydrogen-bond acceptors (Lipinski definition) is 3. The van der Waals surface area contributed by atoms with Gasteiger partial charge in [0, 0.05) is 25.6 Å². The van der Waals surface area contributed by atoms with Gasteiger partial charge in [0.05, 0.1) is 24.2 Å². The van der Waals surface area contributed by atoms with E-state index in [9.17, 15) is 0 Å². The van der Waals surface area contributed by atoms with Crippen molar-refractivity contribution >= 4 is 0 Å². The van der Waals surface area contributed by atoms with Crippen molar-refractivity contribution in [1.29, 1.82) is 0 Å². The normalized spacial score (nSPS) is 19.8. The minimum atomic E-state index is 0.218. The SMILES string of the molecule is Cc1cnn(C)c1C1NCCc2occc21. The van der Waals surface area contributed by atoms with Crippen LogP contribution in [-0.4, -0.2) is 16.3 Å². The summed E-state index contributed by atoms with van der Waals surface area (Å²) in [7, 11) is 1.98. The number of nitrogens with one attached hydrogen (secondary N) is 1. The number of aromatic nitrogens is 2. The number of hydrogen-bond donors (Lipinski definition) is 1. The van der Waals surface area contributed by atoms with Gasteiger partial charge in [-0.05, 0) is 18.6 Å². The number of rotatable bonds is 1. The van der Waals surface area contributed by atoms with Gasteiger partial charge in [0.15, 0.2) is 0 Å². The van der Waals surface area contributed by atoms with Gasteiger partial charge in [0.1, 0.15) is 5.76 Å². The minimum Gasteiger partial charge on any atom is -0.469 e. The molecule has 1 unspecified atom stereocenters. The van der Waals surface area contributed by atoms with Crippen LogP contribution in [0.15, 0.2) is 22.9 Å². The van der Waals surface area contributed by atoms with E-state index in [1.807, 2.05) is 17.9 Å². The highest BCUT2D eigenvalue weighted by Crippen LogP contribution is 2.30. The first-order valence-corrected chi connectivity index (χ1v) is 5.55. The topological polar surface area (TPSA) is 43.0 Å². The number of fused-ring (bicyclic) bond motifs is 1. The quantitative estimate of drug-likeness (QED) is 0.788. The van der Waals surface area contributed by atoms with Crippen molar-refractivity contribution < 1.29 is 4.42 Å². The Labute approximate surface area is 94.3 Å². The third-order valence-corrected chi connectivity index (χ3v) is 3.24. The van der Waals surface area contributed by atoms with E-state index in [1.54, 1.807) is 6.26 Å². The molecule has 1 atom stereocenters. The van der Waals surface area contributed by atoms with Crippen molar-refractivity contribution in [2.45, 2.75) is 19.4 Å². The molecule has 0 saturated heterocycles.